The van der Waals surface area contributed by atoms with Crippen molar-refractivity contribution in [3.8, 4) is 0 Å². The van der Waals surface area contributed by atoms with Crippen LogP contribution in [-0.2, 0) is 11.2 Å². The monoisotopic (exact) mass is 227 g/mol. The second-order valence-corrected chi connectivity index (χ2v) is 6.00. The van der Waals surface area contributed by atoms with E-state index in [0.717, 1.165) is 4.88 Å². The fourth-order valence-electron chi connectivity index (χ4n) is 1.57. The first-order chi connectivity index (χ1) is 6.75. The first-order valence-corrected chi connectivity index (χ1v) is 6.68. The third-order valence-electron chi connectivity index (χ3n) is 2.20. The summed E-state index contributed by atoms with van der Waals surface area (Å²) in [7, 11) is 0. The van der Waals surface area contributed by atoms with Gasteiger partial charge in [-0.15, -0.1) is 11.3 Å². The minimum absolute atomic E-state index is 0.222. The van der Waals surface area contributed by atoms with Gasteiger partial charge >= 0.3 is 0 Å². The van der Waals surface area contributed by atoms with Crippen molar-refractivity contribution in [2.75, 3.05) is 5.75 Å². The SMILES string of the molecule is CC(=O)Cc1cnc(C2CCCS2)s1. The summed E-state index contributed by atoms with van der Waals surface area (Å²) in [5.41, 5.74) is 0. The van der Waals surface area contributed by atoms with Gasteiger partial charge in [0.1, 0.15) is 10.8 Å². The van der Waals surface area contributed by atoms with Gasteiger partial charge < -0.3 is 0 Å². The molecule has 1 aliphatic heterocycles. The molecule has 0 spiro atoms. The summed E-state index contributed by atoms with van der Waals surface area (Å²) in [6.07, 6.45) is 4.96. The second kappa shape index (κ2) is 4.45. The van der Waals surface area contributed by atoms with Crippen LogP contribution in [0.3, 0.4) is 0 Å². The predicted octanol–water partition coefficient (Wildman–Crippen LogP) is 2.84. The van der Waals surface area contributed by atoms with Crippen LogP contribution in [0.2, 0.25) is 0 Å². The Morgan fingerprint density at radius 2 is 2.57 bits per heavy atom. The predicted molar refractivity (Wildman–Crippen MR) is 60.9 cm³/mol. The number of hydrogen-bond acceptors (Lipinski definition) is 4. The van der Waals surface area contributed by atoms with Crippen molar-refractivity contribution in [2.45, 2.75) is 31.4 Å². The maximum absolute atomic E-state index is 10.9. The summed E-state index contributed by atoms with van der Waals surface area (Å²) in [6.45, 7) is 1.63. The molecule has 1 unspecified atom stereocenters. The topological polar surface area (TPSA) is 30.0 Å². The number of rotatable bonds is 3. The number of Topliss-reactive ketones (excluding diaryl/α,β-unsaturated/α-hetero) is 1. The zero-order chi connectivity index (χ0) is 9.97. The van der Waals surface area contributed by atoms with E-state index in [2.05, 4.69) is 4.98 Å². The van der Waals surface area contributed by atoms with E-state index in [4.69, 9.17) is 0 Å². The van der Waals surface area contributed by atoms with Crippen LogP contribution in [0.5, 0.6) is 0 Å². The first kappa shape index (κ1) is 10.2. The Bertz CT molecular complexity index is 329. The van der Waals surface area contributed by atoms with E-state index in [1.807, 2.05) is 18.0 Å². The molecule has 1 fully saturated rings. The molecule has 0 aliphatic carbocycles. The Labute approximate surface area is 92.1 Å². The molecule has 2 heterocycles. The van der Waals surface area contributed by atoms with Crippen molar-refractivity contribution in [3.63, 3.8) is 0 Å². The Hall–Kier alpha value is -0.350. The molecule has 0 saturated carbocycles. The Kier molecular flexibility index (Phi) is 3.23. The number of thioether (sulfide) groups is 1. The average molecular weight is 227 g/mol. The number of hydrogen-bond donors (Lipinski definition) is 0. The fourth-order valence-corrected chi connectivity index (χ4v) is 4.08. The molecule has 2 rings (SSSR count). The van der Waals surface area contributed by atoms with E-state index in [1.165, 1.54) is 23.6 Å². The van der Waals surface area contributed by atoms with Gasteiger partial charge in [-0.1, -0.05) is 0 Å². The maximum Gasteiger partial charge on any atom is 0.135 e. The molecule has 4 heteroatoms. The molecular weight excluding hydrogens is 214 g/mol. The summed E-state index contributed by atoms with van der Waals surface area (Å²) in [6, 6.07) is 0. The van der Waals surface area contributed by atoms with E-state index in [0.29, 0.717) is 11.7 Å². The van der Waals surface area contributed by atoms with Gasteiger partial charge in [-0.25, -0.2) is 4.98 Å². The largest absolute Gasteiger partial charge is 0.300 e. The zero-order valence-electron chi connectivity index (χ0n) is 8.16. The molecule has 0 radical (unpaired) electrons. The average Bonchev–Trinajstić information content (AvgIpc) is 2.69. The first-order valence-electron chi connectivity index (χ1n) is 4.81. The van der Waals surface area contributed by atoms with Crippen molar-refractivity contribution >= 4 is 28.9 Å². The van der Waals surface area contributed by atoms with Crippen LogP contribution >= 0.6 is 23.1 Å². The minimum atomic E-state index is 0.222. The van der Waals surface area contributed by atoms with Crippen molar-refractivity contribution in [1.82, 2.24) is 4.98 Å². The van der Waals surface area contributed by atoms with Gasteiger partial charge in [0.05, 0.1) is 5.25 Å². The maximum atomic E-state index is 10.9. The fraction of sp³-hybridized carbons (Fsp3) is 0.600. The number of carbonyl (C=O) groups is 1. The van der Waals surface area contributed by atoms with Crippen LogP contribution in [0.4, 0.5) is 0 Å². The molecule has 0 aromatic carbocycles. The van der Waals surface area contributed by atoms with Gasteiger partial charge in [0.15, 0.2) is 0 Å². The number of nitrogens with zero attached hydrogens (tertiary/aromatic N) is 1. The summed E-state index contributed by atoms with van der Waals surface area (Å²) in [5.74, 6) is 1.48. The van der Waals surface area contributed by atoms with Crippen LogP contribution in [0.1, 0.15) is 34.9 Å². The molecule has 0 bridgehead atoms. The van der Waals surface area contributed by atoms with Gasteiger partial charge in [-0.05, 0) is 25.5 Å². The smallest absolute Gasteiger partial charge is 0.135 e. The van der Waals surface area contributed by atoms with Gasteiger partial charge in [0.2, 0.25) is 0 Å². The van der Waals surface area contributed by atoms with E-state index in [1.54, 1.807) is 18.3 Å². The van der Waals surface area contributed by atoms with Crippen LogP contribution in [-0.4, -0.2) is 16.5 Å². The molecule has 1 atom stereocenters. The lowest BCUT2D eigenvalue weighted by molar-refractivity contribution is -0.116. The molecule has 14 heavy (non-hydrogen) atoms. The van der Waals surface area contributed by atoms with E-state index in [-0.39, 0.29) is 5.78 Å². The number of aromatic nitrogens is 1. The Balaban J connectivity index is 2.05. The highest BCUT2D eigenvalue weighted by Crippen LogP contribution is 2.41. The lowest BCUT2D eigenvalue weighted by atomic mass is 10.3. The van der Waals surface area contributed by atoms with Gasteiger partial charge in [0.25, 0.3) is 0 Å². The van der Waals surface area contributed by atoms with Gasteiger partial charge in [-0.3, -0.25) is 4.79 Å². The van der Waals surface area contributed by atoms with E-state index < -0.39 is 0 Å². The van der Waals surface area contributed by atoms with Crippen LogP contribution in [0, 0.1) is 0 Å². The molecule has 0 N–H and O–H groups in total. The third kappa shape index (κ3) is 2.36. The summed E-state index contributed by atoms with van der Waals surface area (Å²) < 4.78 is 0. The molecule has 1 saturated heterocycles. The Morgan fingerprint density at radius 1 is 1.71 bits per heavy atom. The highest BCUT2D eigenvalue weighted by atomic mass is 32.2. The molecule has 2 nitrogen and oxygen atoms in total. The minimum Gasteiger partial charge on any atom is -0.300 e. The standard InChI is InChI=1S/C10H13NOS2/c1-7(12)5-8-6-11-10(14-8)9-3-2-4-13-9/h6,9H,2-5H2,1H3. The van der Waals surface area contributed by atoms with Crippen LogP contribution in [0.15, 0.2) is 6.20 Å². The number of carbonyl (C=O) groups excluding carboxylic acids is 1. The third-order valence-corrected chi connectivity index (χ3v) is 4.85. The number of ketones is 1. The van der Waals surface area contributed by atoms with E-state index >= 15 is 0 Å². The quantitative estimate of drug-likeness (QED) is 0.795. The van der Waals surface area contributed by atoms with Crippen molar-refractivity contribution in [1.29, 1.82) is 0 Å². The molecule has 0 amide bonds. The van der Waals surface area contributed by atoms with Crippen molar-refractivity contribution in [3.05, 3.63) is 16.1 Å². The number of thiazole rings is 1. The molecule has 1 aromatic heterocycles. The summed E-state index contributed by atoms with van der Waals surface area (Å²) in [5, 5.41) is 1.81. The molecule has 1 aromatic rings. The summed E-state index contributed by atoms with van der Waals surface area (Å²) >= 11 is 3.70. The van der Waals surface area contributed by atoms with Gasteiger partial charge in [-0.2, -0.15) is 11.8 Å². The lowest BCUT2D eigenvalue weighted by Crippen LogP contribution is -1.92. The highest BCUT2D eigenvalue weighted by molar-refractivity contribution is 7.99. The van der Waals surface area contributed by atoms with E-state index in [9.17, 15) is 4.79 Å². The van der Waals surface area contributed by atoms with Gasteiger partial charge in [0, 0.05) is 17.5 Å². The Morgan fingerprint density at radius 3 is 3.21 bits per heavy atom. The normalized spacial score (nSPS) is 21.4. The lowest BCUT2D eigenvalue weighted by Gasteiger charge is -2.01. The molecule has 1 aliphatic rings. The molecular formula is C10H13NOS2. The van der Waals surface area contributed by atoms with Crippen LogP contribution in [0.25, 0.3) is 0 Å². The zero-order valence-corrected chi connectivity index (χ0v) is 9.79. The highest BCUT2D eigenvalue weighted by Gasteiger charge is 2.20. The summed E-state index contributed by atoms with van der Waals surface area (Å²) in [4.78, 5) is 16.4. The van der Waals surface area contributed by atoms with Crippen LogP contribution < -0.4 is 0 Å². The van der Waals surface area contributed by atoms with Crippen molar-refractivity contribution in [2.24, 2.45) is 0 Å². The molecule has 76 valence electrons. The van der Waals surface area contributed by atoms with Crippen molar-refractivity contribution < 1.29 is 4.79 Å². The second-order valence-electron chi connectivity index (χ2n) is 3.55.